The van der Waals surface area contributed by atoms with Crippen molar-refractivity contribution in [2.24, 2.45) is 0 Å². The number of hydrogen-bond donors (Lipinski definition) is 2. The van der Waals surface area contributed by atoms with Crippen LogP contribution in [0.25, 0.3) is 0 Å². The number of hydrogen-bond acceptors (Lipinski definition) is 3. The van der Waals surface area contributed by atoms with Gasteiger partial charge in [0, 0.05) is 13.1 Å². The molecule has 0 aromatic carbocycles. The van der Waals surface area contributed by atoms with Gasteiger partial charge in [0.15, 0.2) is 0 Å². The fourth-order valence-electron chi connectivity index (χ4n) is 3.10. The first-order valence-corrected chi connectivity index (χ1v) is 12.4. The van der Waals surface area contributed by atoms with Gasteiger partial charge in [-0.25, -0.2) is 0 Å². The lowest BCUT2D eigenvalue weighted by molar-refractivity contribution is -0.137. The summed E-state index contributed by atoms with van der Waals surface area (Å²) < 4.78 is 32.4. The Bertz CT molecular complexity index is 505. The van der Waals surface area contributed by atoms with Crippen molar-refractivity contribution >= 4 is 16.3 Å². The number of carboxylic acid groups (broad SMARTS) is 1. The molecule has 0 fully saturated rings. The molecule has 0 aliphatic rings. The van der Waals surface area contributed by atoms with E-state index in [4.69, 9.17) is 9.66 Å². The lowest BCUT2D eigenvalue weighted by Crippen LogP contribution is -2.33. The summed E-state index contributed by atoms with van der Waals surface area (Å²) >= 11 is 0. The first kappa shape index (κ1) is 30.3. The maximum Gasteiger partial charge on any atom is 0.335 e. The van der Waals surface area contributed by atoms with E-state index in [1.807, 2.05) is 0 Å². The van der Waals surface area contributed by atoms with Crippen molar-refractivity contribution in [3.8, 4) is 0 Å². The van der Waals surface area contributed by atoms with E-state index >= 15 is 0 Å². The summed E-state index contributed by atoms with van der Waals surface area (Å²) in [4.78, 5) is 10.5. The molecule has 6 nitrogen and oxygen atoms in total. The van der Waals surface area contributed by atoms with Crippen LogP contribution in [0.2, 0.25) is 0 Å². The zero-order valence-corrected chi connectivity index (χ0v) is 18.5. The smallest absolute Gasteiger partial charge is 0.335 e. The lowest BCUT2D eigenvalue weighted by Gasteiger charge is -2.17. The first-order valence-electron chi connectivity index (χ1n) is 11.0. The molecular formula is C22H45NO5S. The van der Waals surface area contributed by atoms with Crippen LogP contribution in [0.15, 0.2) is 12.2 Å². The minimum absolute atomic E-state index is 0. The molecule has 7 heteroatoms. The topological polar surface area (TPSA) is 94.9 Å². The van der Waals surface area contributed by atoms with Crippen LogP contribution in [0.1, 0.15) is 111 Å². The SMILES string of the molecule is C.CCCCCCCC/C=C\CCCCCCCCN(CCC(=O)O)S(=O)(=O)O. The van der Waals surface area contributed by atoms with Crippen LogP contribution in [-0.4, -0.2) is 41.4 Å². The molecule has 174 valence electrons. The van der Waals surface area contributed by atoms with Gasteiger partial charge in [0.1, 0.15) is 0 Å². The van der Waals surface area contributed by atoms with Crippen LogP contribution in [0.5, 0.6) is 0 Å². The molecule has 0 heterocycles. The Morgan fingerprint density at radius 2 is 1.24 bits per heavy atom. The van der Waals surface area contributed by atoms with Crippen molar-refractivity contribution in [1.82, 2.24) is 4.31 Å². The predicted molar refractivity (Wildman–Crippen MR) is 122 cm³/mol. The van der Waals surface area contributed by atoms with Gasteiger partial charge in [0.25, 0.3) is 0 Å². The van der Waals surface area contributed by atoms with E-state index in [1.54, 1.807) is 0 Å². The van der Waals surface area contributed by atoms with Crippen LogP contribution < -0.4 is 0 Å². The van der Waals surface area contributed by atoms with Crippen molar-refractivity contribution in [1.29, 1.82) is 0 Å². The number of allylic oxidation sites excluding steroid dienone is 2. The fraction of sp³-hybridized carbons (Fsp3) is 0.864. The maximum absolute atomic E-state index is 11.2. The van der Waals surface area contributed by atoms with Gasteiger partial charge in [-0.2, -0.15) is 12.7 Å². The quantitative estimate of drug-likeness (QED) is 0.134. The van der Waals surface area contributed by atoms with E-state index in [-0.39, 0.29) is 26.9 Å². The third-order valence-corrected chi connectivity index (χ3v) is 5.84. The molecule has 0 rings (SSSR count). The van der Waals surface area contributed by atoms with Crippen LogP contribution in [-0.2, 0) is 15.1 Å². The molecule has 0 atom stereocenters. The van der Waals surface area contributed by atoms with E-state index < -0.39 is 16.3 Å². The highest BCUT2D eigenvalue weighted by Crippen LogP contribution is 2.11. The summed E-state index contributed by atoms with van der Waals surface area (Å²) in [6.45, 7) is 2.23. The van der Waals surface area contributed by atoms with Crippen molar-refractivity contribution in [3.05, 3.63) is 12.2 Å². The molecule has 0 aromatic rings. The van der Waals surface area contributed by atoms with Gasteiger partial charge in [0.05, 0.1) is 6.42 Å². The zero-order valence-electron chi connectivity index (χ0n) is 17.7. The van der Waals surface area contributed by atoms with Gasteiger partial charge >= 0.3 is 16.3 Å². The van der Waals surface area contributed by atoms with Crippen LogP contribution in [0, 0.1) is 0 Å². The Morgan fingerprint density at radius 1 is 0.793 bits per heavy atom. The van der Waals surface area contributed by atoms with Gasteiger partial charge in [-0.3, -0.25) is 9.35 Å². The van der Waals surface area contributed by atoms with Crippen molar-refractivity contribution in [3.63, 3.8) is 0 Å². The standard InChI is InChI=1S/C21H41NO5S.CH4/c1-2-3-4-5-6-7-8-9-10-11-12-13-14-15-16-17-19-22(28(25,26)27)20-18-21(23)24;/h9-10H,2-8,11-20H2,1H3,(H,23,24)(H,25,26,27);1H4/b10-9-;. The summed E-state index contributed by atoms with van der Waals surface area (Å²) in [7, 11) is -4.32. The number of rotatable bonds is 20. The predicted octanol–water partition coefficient (Wildman–Crippen LogP) is 6.24. The fourth-order valence-corrected chi connectivity index (χ4v) is 3.78. The number of aliphatic carboxylic acids is 1. The molecule has 0 bridgehead atoms. The Kier molecular flexibility index (Phi) is 21.3. The Balaban J connectivity index is 0. The van der Waals surface area contributed by atoms with Crippen molar-refractivity contribution in [2.45, 2.75) is 111 Å². The molecule has 0 aromatic heterocycles. The molecule has 2 N–H and O–H groups in total. The Morgan fingerprint density at radius 3 is 1.69 bits per heavy atom. The van der Waals surface area contributed by atoms with Gasteiger partial charge in [-0.05, 0) is 32.1 Å². The van der Waals surface area contributed by atoms with E-state index in [9.17, 15) is 13.2 Å². The highest BCUT2D eigenvalue weighted by Gasteiger charge is 2.18. The molecule has 0 saturated carbocycles. The number of carbonyl (C=O) groups is 1. The van der Waals surface area contributed by atoms with Gasteiger partial charge in [0.2, 0.25) is 0 Å². The third kappa shape index (κ3) is 21.6. The van der Waals surface area contributed by atoms with Crippen molar-refractivity contribution in [2.75, 3.05) is 13.1 Å². The summed E-state index contributed by atoms with van der Waals surface area (Å²) in [6.07, 6.45) is 20.7. The maximum atomic E-state index is 11.2. The summed E-state index contributed by atoms with van der Waals surface area (Å²) in [5.74, 6) is -1.07. The largest absolute Gasteiger partial charge is 0.481 e. The van der Waals surface area contributed by atoms with E-state index in [1.165, 1.54) is 57.8 Å². The molecule has 0 amide bonds. The van der Waals surface area contributed by atoms with E-state index in [0.29, 0.717) is 6.42 Å². The second-order valence-corrected chi connectivity index (χ2v) is 8.87. The molecule has 0 spiro atoms. The highest BCUT2D eigenvalue weighted by atomic mass is 32.2. The van der Waals surface area contributed by atoms with Gasteiger partial charge < -0.3 is 5.11 Å². The van der Waals surface area contributed by atoms with Gasteiger partial charge in [-0.1, -0.05) is 84.3 Å². The Hall–Kier alpha value is -0.920. The first-order chi connectivity index (χ1) is 13.4. The molecule has 0 saturated heterocycles. The molecule has 29 heavy (non-hydrogen) atoms. The zero-order chi connectivity index (χ0) is 21.1. The molecular weight excluding hydrogens is 390 g/mol. The van der Waals surface area contributed by atoms with Crippen LogP contribution in [0.3, 0.4) is 0 Å². The number of carboxylic acids is 1. The minimum Gasteiger partial charge on any atom is -0.481 e. The average molecular weight is 436 g/mol. The average Bonchev–Trinajstić information content (AvgIpc) is 2.62. The van der Waals surface area contributed by atoms with E-state index in [0.717, 1.165) is 30.0 Å². The van der Waals surface area contributed by atoms with Gasteiger partial charge in [-0.15, -0.1) is 0 Å². The normalized spacial score (nSPS) is 11.8. The molecule has 0 aliphatic carbocycles. The third-order valence-electron chi connectivity index (χ3n) is 4.82. The molecule has 0 radical (unpaired) electrons. The second kappa shape index (κ2) is 20.4. The summed E-state index contributed by atoms with van der Waals surface area (Å²) in [5, 5.41) is 8.63. The minimum atomic E-state index is -4.32. The van der Waals surface area contributed by atoms with Crippen LogP contribution in [0.4, 0.5) is 0 Å². The Labute approximate surface area is 179 Å². The highest BCUT2D eigenvalue weighted by molar-refractivity contribution is 7.83. The number of nitrogens with zero attached hydrogens (tertiary/aromatic N) is 1. The number of unbranched alkanes of at least 4 members (excludes halogenated alkanes) is 12. The van der Waals surface area contributed by atoms with Crippen LogP contribution >= 0.6 is 0 Å². The summed E-state index contributed by atoms with van der Waals surface area (Å²) in [6, 6.07) is 0. The second-order valence-electron chi connectivity index (χ2n) is 7.46. The van der Waals surface area contributed by atoms with Crippen molar-refractivity contribution < 1.29 is 22.9 Å². The lowest BCUT2D eigenvalue weighted by atomic mass is 10.1. The molecule has 0 aliphatic heterocycles. The summed E-state index contributed by atoms with van der Waals surface area (Å²) in [5.41, 5.74) is 0. The molecule has 0 unspecified atom stereocenters. The van der Waals surface area contributed by atoms with E-state index in [2.05, 4.69) is 19.1 Å². The monoisotopic (exact) mass is 435 g/mol.